The standard InChI is InChI=1S/C12H19N3O/c1-3-10(4-2)11-9-12(16-15-11)14-8-6-5-7-13/h9-10,14H,3-6,8H2,1-2H3. The number of hydrogen-bond donors (Lipinski definition) is 1. The molecule has 1 aromatic rings. The molecule has 4 nitrogen and oxygen atoms in total. The maximum Gasteiger partial charge on any atom is 0.224 e. The van der Waals surface area contributed by atoms with E-state index in [1.165, 1.54) is 0 Å². The molecule has 1 heterocycles. The monoisotopic (exact) mass is 221 g/mol. The van der Waals surface area contributed by atoms with E-state index in [0.717, 1.165) is 31.5 Å². The first-order chi connectivity index (χ1) is 7.81. The normalized spacial score (nSPS) is 10.4. The zero-order chi connectivity index (χ0) is 11.8. The van der Waals surface area contributed by atoms with Crippen LogP contribution in [-0.2, 0) is 0 Å². The fourth-order valence-electron chi connectivity index (χ4n) is 1.65. The van der Waals surface area contributed by atoms with Crippen LogP contribution in [0.15, 0.2) is 10.6 Å². The van der Waals surface area contributed by atoms with Crippen molar-refractivity contribution in [2.45, 2.75) is 45.4 Å². The quantitative estimate of drug-likeness (QED) is 0.717. The van der Waals surface area contributed by atoms with Crippen LogP contribution in [0.1, 0.15) is 51.1 Å². The third kappa shape index (κ3) is 3.58. The van der Waals surface area contributed by atoms with E-state index in [1.807, 2.05) is 6.07 Å². The van der Waals surface area contributed by atoms with Gasteiger partial charge in [-0.2, -0.15) is 5.26 Å². The third-order valence-electron chi connectivity index (χ3n) is 2.70. The van der Waals surface area contributed by atoms with Crippen LogP contribution in [0.4, 0.5) is 5.88 Å². The molecule has 0 bridgehead atoms. The molecule has 1 N–H and O–H groups in total. The van der Waals surface area contributed by atoms with Gasteiger partial charge in [-0.3, -0.25) is 0 Å². The topological polar surface area (TPSA) is 61.9 Å². The highest BCUT2D eigenvalue weighted by Gasteiger charge is 2.12. The molecule has 0 amide bonds. The average Bonchev–Trinajstić information content (AvgIpc) is 2.75. The van der Waals surface area contributed by atoms with Crippen molar-refractivity contribution >= 4 is 5.88 Å². The largest absolute Gasteiger partial charge is 0.354 e. The molecule has 0 saturated heterocycles. The van der Waals surface area contributed by atoms with Crippen molar-refractivity contribution in [3.05, 3.63) is 11.8 Å². The first-order valence-corrected chi connectivity index (χ1v) is 5.89. The Morgan fingerprint density at radius 1 is 1.50 bits per heavy atom. The minimum Gasteiger partial charge on any atom is -0.354 e. The van der Waals surface area contributed by atoms with Gasteiger partial charge in [0, 0.05) is 24.9 Å². The number of aromatic nitrogens is 1. The minimum atomic E-state index is 0.485. The van der Waals surface area contributed by atoms with Gasteiger partial charge in [0.25, 0.3) is 0 Å². The summed E-state index contributed by atoms with van der Waals surface area (Å²) in [6.07, 6.45) is 3.56. The lowest BCUT2D eigenvalue weighted by Crippen LogP contribution is -1.99. The van der Waals surface area contributed by atoms with Gasteiger partial charge in [0.15, 0.2) is 0 Å². The van der Waals surface area contributed by atoms with Crippen molar-refractivity contribution in [2.75, 3.05) is 11.9 Å². The van der Waals surface area contributed by atoms with E-state index >= 15 is 0 Å². The van der Waals surface area contributed by atoms with Gasteiger partial charge in [-0.25, -0.2) is 0 Å². The molecule has 16 heavy (non-hydrogen) atoms. The SMILES string of the molecule is CCC(CC)c1cc(NCCCC#N)on1. The van der Waals surface area contributed by atoms with Crippen molar-refractivity contribution in [1.29, 1.82) is 5.26 Å². The Morgan fingerprint density at radius 3 is 2.88 bits per heavy atom. The molecule has 0 aromatic carbocycles. The first kappa shape index (κ1) is 12.6. The molecule has 0 atom stereocenters. The molecule has 0 saturated carbocycles. The minimum absolute atomic E-state index is 0.485. The van der Waals surface area contributed by atoms with Crippen LogP contribution in [0.2, 0.25) is 0 Å². The summed E-state index contributed by atoms with van der Waals surface area (Å²) in [7, 11) is 0. The Morgan fingerprint density at radius 2 is 2.25 bits per heavy atom. The second-order valence-corrected chi connectivity index (χ2v) is 3.82. The van der Waals surface area contributed by atoms with Crippen LogP contribution >= 0.6 is 0 Å². The second kappa shape index (κ2) is 6.89. The maximum absolute atomic E-state index is 8.39. The number of anilines is 1. The average molecular weight is 221 g/mol. The van der Waals surface area contributed by atoms with Gasteiger partial charge in [-0.1, -0.05) is 19.0 Å². The molecule has 88 valence electrons. The molecule has 0 unspecified atom stereocenters. The Kier molecular flexibility index (Phi) is 5.41. The summed E-state index contributed by atoms with van der Waals surface area (Å²) in [5.41, 5.74) is 1.02. The van der Waals surface area contributed by atoms with E-state index in [-0.39, 0.29) is 0 Å². The summed E-state index contributed by atoms with van der Waals surface area (Å²) in [6.45, 7) is 5.07. The molecular weight excluding hydrogens is 202 g/mol. The van der Waals surface area contributed by atoms with Gasteiger partial charge < -0.3 is 9.84 Å². The van der Waals surface area contributed by atoms with Crippen molar-refractivity contribution < 1.29 is 4.52 Å². The Balaban J connectivity index is 2.42. The molecule has 4 heteroatoms. The number of hydrogen-bond acceptors (Lipinski definition) is 4. The number of nitrogens with one attached hydrogen (secondary N) is 1. The van der Waals surface area contributed by atoms with Gasteiger partial charge in [-0.15, -0.1) is 0 Å². The smallest absolute Gasteiger partial charge is 0.224 e. The van der Waals surface area contributed by atoms with E-state index in [0.29, 0.717) is 18.2 Å². The van der Waals surface area contributed by atoms with Crippen molar-refractivity contribution in [2.24, 2.45) is 0 Å². The van der Waals surface area contributed by atoms with Crippen molar-refractivity contribution in [1.82, 2.24) is 5.16 Å². The molecule has 0 fully saturated rings. The molecule has 1 aromatic heterocycles. The lowest BCUT2D eigenvalue weighted by Gasteiger charge is -2.05. The lowest BCUT2D eigenvalue weighted by atomic mass is 10.00. The maximum atomic E-state index is 8.39. The summed E-state index contributed by atoms with van der Waals surface area (Å²) in [5, 5.41) is 15.6. The first-order valence-electron chi connectivity index (χ1n) is 5.89. The highest BCUT2D eigenvalue weighted by Crippen LogP contribution is 2.24. The Bertz CT molecular complexity index is 336. The Labute approximate surface area is 96.6 Å². The molecule has 1 rings (SSSR count). The van der Waals surface area contributed by atoms with Crippen molar-refractivity contribution in [3.63, 3.8) is 0 Å². The van der Waals surface area contributed by atoms with Crippen LogP contribution in [0.25, 0.3) is 0 Å². The third-order valence-corrected chi connectivity index (χ3v) is 2.70. The van der Waals surface area contributed by atoms with Crippen molar-refractivity contribution in [3.8, 4) is 6.07 Å². The number of nitriles is 1. The highest BCUT2D eigenvalue weighted by molar-refractivity contribution is 5.32. The zero-order valence-corrected chi connectivity index (χ0v) is 9.99. The van der Waals surface area contributed by atoms with E-state index < -0.39 is 0 Å². The number of rotatable bonds is 7. The van der Waals surface area contributed by atoms with Crippen LogP contribution < -0.4 is 5.32 Å². The summed E-state index contributed by atoms with van der Waals surface area (Å²) >= 11 is 0. The van der Waals surface area contributed by atoms with Gasteiger partial charge in [0.05, 0.1) is 11.8 Å². The second-order valence-electron chi connectivity index (χ2n) is 3.82. The predicted molar refractivity (Wildman–Crippen MR) is 63.2 cm³/mol. The predicted octanol–water partition coefficient (Wildman–Crippen LogP) is 3.29. The van der Waals surface area contributed by atoms with Gasteiger partial charge in [0.2, 0.25) is 5.88 Å². The van der Waals surface area contributed by atoms with Gasteiger partial charge in [0.1, 0.15) is 0 Å². The number of nitrogens with zero attached hydrogens (tertiary/aromatic N) is 2. The van der Waals surface area contributed by atoms with Gasteiger partial charge >= 0.3 is 0 Å². The molecular formula is C12H19N3O. The fraction of sp³-hybridized carbons (Fsp3) is 0.667. The summed E-state index contributed by atoms with van der Waals surface area (Å²) in [5.74, 6) is 1.19. The van der Waals surface area contributed by atoms with Crippen LogP contribution in [-0.4, -0.2) is 11.7 Å². The lowest BCUT2D eigenvalue weighted by molar-refractivity contribution is 0.412. The summed E-state index contributed by atoms with van der Waals surface area (Å²) in [6, 6.07) is 4.07. The molecule has 0 spiro atoms. The fourth-order valence-corrected chi connectivity index (χ4v) is 1.65. The molecule has 0 aliphatic heterocycles. The van der Waals surface area contributed by atoms with E-state index in [2.05, 4.69) is 30.4 Å². The zero-order valence-electron chi connectivity index (χ0n) is 9.99. The Hall–Kier alpha value is -1.50. The summed E-state index contributed by atoms with van der Waals surface area (Å²) < 4.78 is 5.19. The van der Waals surface area contributed by atoms with Crippen LogP contribution in [0, 0.1) is 11.3 Å². The molecule has 0 radical (unpaired) electrons. The van der Waals surface area contributed by atoms with E-state index in [4.69, 9.17) is 9.78 Å². The van der Waals surface area contributed by atoms with E-state index in [1.54, 1.807) is 0 Å². The highest BCUT2D eigenvalue weighted by atomic mass is 16.5. The van der Waals surface area contributed by atoms with Crippen LogP contribution in [0.5, 0.6) is 0 Å². The van der Waals surface area contributed by atoms with Gasteiger partial charge in [-0.05, 0) is 19.3 Å². The van der Waals surface area contributed by atoms with Crippen LogP contribution in [0.3, 0.4) is 0 Å². The molecule has 0 aliphatic rings. The number of unbranched alkanes of at least 4 members (excludes halogenated alkanes) is 1. The summed E-state index contributed by atoms with van der Waals surface area (Å²) in [4.78, 5) is 0. The molecule has 0 aliphatic carbocycles. The van der Waals surface area contributed by atoms with E-state index in [9.17, 15) is 0 Å².